The molecule has 0 saturated carbocycles. The molecule has 1 unspecified atom stereocenters. The van der Waals surface area contributed by atoms with Crippen LogP contribution >= 0.6 is 11.6 Å². The van der Waals surface area contributed by atoms with Crippen molar-refractivity contribution in [2.45, 2.75) is 38.3 Å². The molecule has 1 atom stereocenters. The van der Waals surface area contributed by atoms with Crippen LogP contribution < -0.4 is 10.1 Å². The molecule has 2 N–H and O–H groups in total. The lowest BCUT2D eigenvalue weighted by Crippen LogP contribution is -2.35. The summed E-state index contributed by atoms with van der Waals surface area (Å²) in [4.78, 5) is 13.0. The number of nitrogens with one attached hydrogen (secondary N) is 2. The number of carbonyl (C=O) groups excluding carboxylic acids is 1. The van der Waals surface area contributed by atoms with Crippen LogP contribution in [0, 0.1) is 5.82 Å². The molecule has 1 aliphatic carbocycles. The molecule has 1 amide bonds. The zero-order chi connectivity index (χ0) is 21.5. The fraction of sp³-hybridized carbons (Fsp3) is 0.381. The number of H-pyrrole nitrogens is 1. The summed E-state index contributed by atoms with van der Waals surface area (Å²) >= 11 is 6.36. The van der Waals surface area contributed by atoms with E-state index in [0.29, 0.717) is 17.1 Å². The predicted molar refractivity (Wildman–Crippen MR) is 110 cm³/mol. The molecule has 0 bridgehead atoms. The lowest BCUT2D eigenvalue weighted by atomic mass is 9.95. The number of benzene rings is 1. The largest absolute Gasteiger partial charge is 0.495 e. The first-order valence-electron chi connectivity index (χ1n) is 10.1. The second kappa shape index (κ2) is 7.97. The highest BCUT2D eigenvalue weighted by atomic mass is 35.5. The minimum absolute atomic E-state index is 0.0826. The van der Waals surface area contributed by atoms with Gasteiger partial charge in [-0.15, -0.1) is 0 Å². The van der Waals surface area contributed by atoms with Crippen molar-refractivity contribution in [3.63, 3.8) is 0 Å². The molecule has 3 aromatic rings. The molecule has 0 fully saturated rings. The van der Waals surface area contributed by atoms with E-state index in [9.17, 15) is 9.18 Å². The van der Waals surface area contributed by atoms with Gasteiger partial charge in [-0.25, -0.2) is 9.07 Å². The SMILES string of the molecule is COc1ccc(F)c(-n2ncc3c2COCC3NC(=O)c2n[nH]c3c2CCCC3)c1Cl. The zero-order valence-electron chi connectivity index (χ0n) is 16.9. The number of aromatic nitrogens is 4. The summed E-state index contributed by atoms with van der Waals surface area (Å²) in [5, 5.41) is 14.7. The Kier molecular flexibility index (Phi) is 5.15. The molecule has 31 heavy (non-hydrogen) atoms. The Morgan fingerprint density at radius 2 is 2.23 bits per heavy atom. The van der Waals surface area contributed by atoms with E-state index in [-0.39, 0.29) is 29.8 Å². The maximum atomic E-state index is 14.6. The van der Waals surface area contributed by atoms with Gasteiger partial charge in [-0.3, -0.25) is 9.89 Å². The Bertz CT molecular complexity index is 1160. The number of methoxy groups -OCH3 is 1. The molecule has 3 heterocycles. The zero-order valence-corrected chi connectivity index (χ0v) is 17.6. The first-order valence-corrected chi connectivity index (χ1v) is 10.5. The number of carbonyl (C=O) groups is 1. The van der Waals surface area contributed by atoms with Gasteiger partial charge < -0.3 is 14.8 Å². The van der Waals surface area contributed by atoms with Crippen molar-refractivity contribution in [2.75, 3.05) is 13.7 Å². The van der Waals surface area contributed by atoms with Crippen LogP contribution in [0.1, 0.15) is 51.9 Å². The number of rotatable bonds is 4. The molecule has 1 aliphatic heterocycles. The summed E-state index contributed by atoms with van der Waals surface area (Å²) in [5.74, 6) is -0.461. The standard InChI is InChI=1S/C21H21ClFN5O3/c1-30-17-7-6-13(23)20(18(17)22)28-16-10-31-9-15(12(16)8-24-28)25-21(29)19-11-4-2-3-5-14(11)26-27-19/h6-8,15H,2-5,9-10H2,1H3,(H,25,29)(H,26,27). The van der Waals surface area contributed by atoms with Crippen molar-refractivity contribution in [1.82, 2.24) is 25.3 Å². The van der Waals surface area contributed by atoms with Crippen LogP contribution in [0.3, 0.4) is 0 Å². The number of nitrogens with zero attached hydrogens (tertiary/aromatic N) is 3. The van der Waals surface area contributed by atoms with Crippen LogP contribution in [0.5, 0.6) is 5.75 Å². The highest BCUT2D eigenvalue weighted by Gasteiger charge is 2.30. The summed E-state index contributed by atoms with van der Waals surface area (Å²) in [7, 11) is 1.46. The normalized spacial score (nSPS) is 17.7. The lowest BCUT2D eigenvalue weighted by Gasteiger charge is -2.25. The van der Waals surface area contributed by atoms with E-state index in [1.54, 1.807) is 6.20 Å². The number of hydrogen-bond donors (Lipinski definition) is 2. The van der Waals surface area contributed by atoms with E-state index in [2.05, 4.69) is 20.6 Å². The summed E-state index contributed by atoms with van der Waals surface area (Å²) in [6, 6.07) is 2.30. The fourth-order valence-corrected chi connectivity index (χ4v) is 4.58. The molecule has 8 nitrogen and oxygen atoms in total. The Labute approximate surface area is 182 Å². The first-order chi connectivity index (χ1) is 15.1. The Balaban J connectivity index is 1.46. The number of aromatic amines is 1. The van der Waals surface area contributed by atoms with Crippen LogP contribution in [-0.4, -0.2) is 39.6 Å². The van der Waals surface area contributed by atoms with E-state index in [4.69, 9.17) is 21.1 Å². The van der Waals surface area contributed by atoms with E-state index < -0.39 is 11.9 Å². The number of amides is 1. The number of ether oxygens (including phenoxy) is 2. The van der Waals surface area contributed by atoms with Crippen molar-refractivity contribution in [3.8, 4) is 11.4 Å². The molecule has 0 radical (unpaired) electrons. The van der Waals surface area contributed by atoms with Gasteiger partial charge in [-0.2, -0.15) is 10.2 Å². The summed E-state index contributed by atoms with van der Waals surface area (Å²) < 4.78 is 26.9. The molecule has 0 spiro atoms. The van der Waals surface area contributed by atoms with E-state index in [0.717, 1.165) is 42.5 Å². The van der Waals surface area contributed by atoms with E-state index in [1.165, 1.54) is 23.9 Å². The quantitative estimate of drug-likeness (QED) is 0.642. The fourth-order valence-electron chi connectivity index (χ4n) is 4.27. The molecule has 1 aromatic carbocycles. The van der Waals surface area contributed by atoms with Gasteiger partial charge >= 0.3 is 0 Å². The molecule has 2 aromatic heterocycles. The van der Waals surface area contributed by atoms with Crippen molar-refractivity contribution in [3.05, 3.63) is 57.4 Å². The maximum absolute atomic E-state index is 14.6. The minimum Gasteiger partial charge on any atom is -0.495 e. The smallest absolute Gasteiger partial charge is 0.272 e. The number of hydrogen-bond acceptors (Lipinski definition) is 5. The van der Waals surface area contributed by atoms with Crippen LogP contribution in [0.25, 0.3) is 5.69 Å². The second-order valence-corrected chi connectivity index (χ2v) is 8.03. The first kappa shape index (κ1) is 20.0. The van der Waals surface area contributed by atoms with Crippen LogP contribution in [0.15, 0.2) is 18.3 Å². The highest BCUT2D eigenvalue weighted by Crippen LogP contribution is 2.35. The van der Waals surface area contributed by atoms with Crippen molar-refractivity contribution in [2.24, 2.45) is 0 Å². The molecular formula is C21H21ClFN5O3. The van der Waals surface area contributed by atoms with Gasteiger partial charge in [0.05, 0.1) is 38.3 Å². The summed E-state index contributed by atoms with van der Waals surface area (Å²) in [5.41, 5.74) is 3.90. The van der Waals surface area contributed by atoms with Crippen LogP contribution in [-0.2, 0) is 24.2 Å². The van der Waals surface area contributed by atoms with E-state index >= 15 is 0 Å². The number of halogens is 2. The average Bonchev–Trinajstić information content (AvgIpc) is 3.39. The summed E-state index contributed by atoms with van der Waals surface area (Å²) in [6.45, 7) is 0.498. The van der Waals surface area contributed by atoms with Crippen molar-refractivity contribution >= 4 is 17.5 Å². The Hall–Kier alpha value is -2.91. The van der Waals surface area contributed by atoms with Crippen LogP contribution in [0.4, 0.5) is 4.39 Å². The van der Waals surface area contributed by atoms with Gasteiger partial charge in [-0.05, 0) is 37.8 Å². The van der Waals surface area contributed by atoms with Crippen molar-refractivity contribution in [1.29, 1.82) is 0 Å². The van der Waals surface area contributed by atoms with Crippen molar-refractivity contribution < 1.29 is 18.7 Å². The molecule has 5 rings (SSSR count). The third kappa shape index (κ3) is 3.37. The third-order valence-corrected chi connectivity index (χ3v) is 6.21. The van der Waals surface area contributed by atoms with E-state index in [1.807, 2.05) is 0 Å². The maximum Gasteiger partial charge on any atom is 0.272 e. The van der Waals surface area contributed by atoms with Gasteiger partial charge in [0, 0.05) is 16.8 Å². The molecular weight excluding hydrogens is 425 g/mol. The van der Waals surface area contributed by atoms with Crippen LogP contribution in [0.2, 0.25) is 5.02 Å². The highest BCUT2D eigenvalue weighted by molar-refractivity contribution is 6.33. The Morgan fingerprint density at radius 3 is 3.06 bits per heavy atom. The van der Waals surface area contributed by atoms with Gasteiger partial charge in [0.25, 0.3) is 5.91 Å². The van der Waals surface area contributed by atoms with Gasteiger partial charge in [0.15, 0.2) is 11.5 Å². The number of fused-ring (bicyclic) bond motifs is 2. The summed E-state index contributed by atoms with van der Waals surface area (Å²) in [6.07, 6.45) is 5.50. The lowest BCUT2D eigenvalue weighted by molar-refractivity contribution is 0.0683. The van der Waals surface area contributed by atoms with Gasteiger partial charge in [0.2, 0.25) is 0 Å². The number of aryl methyl sites for hydroxylation is 1. The third-order valence-electron chi connectivity index (χ3n) is 5.84. The monoisotopic (exact) mass is 445 g/mol. The molecule has 10 heteroatoms. The second-order valence-electron chi connectivity index (χ2n) is 7.65. The molecule has 0 saturated heterocycles. The predicted octanol–water partition coefficient (Wildman–Crippen LogP) is 3.28. The molecule has 162 valence electrons. The minimum atomic E-state index is -0.536. The van der Waals surface area contributed by atoms with Gasteiger partial charge in [0.1, 0.15) is 16.5 Å². The topological polar surface area (TPSA) is 94.1 Å². The average molecular weight is 446 g/mol. The van der Waals surface area contributed by atoms with Gasteiger partial charge in [-0.1, -0.05) is 11.6 Å². The Morgan fingerprint density at radius 1 is 1.39 bits per heavy atom. The molecule has 2 aliphatic rings.